The lowest BCUT2D eigenvalue weighted by atomic mass is 9.86. The zero-order chi connectivity index (χ0) is 16.5. The fourth-order valence-electron chi connectivity index (χ4n) is 1.81. The predicted molar refractivity (Wildman–Crippen MR) is 84.3 cm³/mol. The summed E-state index contributed by atoms with van der Waals surface area (Å²) in [7, 11) is 1.93. The number of aliphatic hydroxyl groups excluding tert-OH is 1. The second-order valence-electron chi connectivity index (χ2n) is 7.32. The Bertz CT molecular complexity index is 297. The highest BCUT2D eigenvalue weighted by molar-refractivity contribution is 5.72. The molecule has 0 bridgehead atoms. The van der Waals surface area contributed by atoms with Crippen LogP contribution < -0.4 is 0 Å². The zero-order valence-electron chi connectivity index (χ0n) is 14.6. The molecule has 0 unspecified atom stereocenters. The number of hydrogen-bond donors (Lipinski definition) is 1. The monoisotopic (exact) mass is 303 g/mol. The first-order valence-electron chi connectivity index (χ1n) is 7.65. The van der Waals surface area contributed by atoms with Crippen molar-refractivity contribution in [1.29, 1.82) is 0 Å². The minimum absolute atomic E-state index is 0.0685. The Kier molecular flexibility index (Phi) is 9.09. The summed E-state index contributed by atoms with van der Waals surface area (Å²) in [4.78, 5) is 13.7. The molecule has 126 valence electrons. The van der Waals surface area contributed by atoms with Gasteiger partial charge in [0.1, 0.15) is 5.60 Å². The fraction of sp³-hybridized carbons (Fsp3) is 0.938. The zero-order valence-corrected chi connectivity index (χ0v) is 14.6. The van der Waals surface area contributed by atoms with E-state index in [0.29, 0.717) is 19.8 Å². The Morgan fingerprint density at radius 1 is 1.10 bits per heavy atom. The van der Waals surface area contributed by atoms with Crippen LogP contribution in [0.5, 0.6) is 0 Å². The molecule has 0 atom stereocenters. The molecule has 0 aromatic rings. The van der Waals surface area contributed by atoms with Crippen LogP contribution in [-0.2, 0) is 14.3 Å². The average Bonchev–Trinajstić information content (AvgIpc) is 2.30. The van der Waals surface area contributed by atoms with Crippen LogP contribution in [0.1, 0.15) is 47.5 Å². The number of hydrogen-bond acceptors (Lipinski definition) is 5. The molecule has 0 spiro atoms. The summed E-state index contributed by atoms with van der Waals surface area (Å²) in [5.41, 5.74) is -0.279. The van der Waals surface area contributed by atoms with Gasteiger partial charge >= 0.3 is 5.97 Å². The van der Waals surface area contributed by atoms with Crippen molar-refractivity contribution in [2.24, 2.45) is 5.41 Å². The van der Waals surface area contributed by atoms with Crippen LogP contribution in [0.2, 0.25) is 0 Å². The molecule has 5 heteroatoms. The summed E-state index contributed by atoms with van der Waals surface area (Å²) < 4.78 is 10.6. The third-order valence-electron chi connectivity index (χ3n) is 3.15. The van der Waals surface area contributed by atoms with E-state index in [4.69, 9.17) is 14.6 Å². The predicted octanol–water partition coefficient (Wildman–Crippen LogP) is 2.08. The number of nitrogens with zero attached hydrogens (tertiary/aromatic N) is 1. The first kappa shape index (κ1) is 20.3. The van der Waals surface area contributed by atoms with E-state index in [1.165, 1.54) is 0 Å². The van der Waals surface area contributed by atoms with Gasteiger partial charge in [0.15, 0.2) is 0 Å². The van der Waals surface area contributed by atoms with Gasteiger partial charge in [-0.1, -0.05) is 13.8 Å². The molecule has 1 N–H and O–H groups in total. The molecule has 5 nitrogen and oxygen atoms in total. The van der Waals surface area contributed by atoms with Gasteiger partial charge in [0.2, 0.25) is 0 Å². The number of likely N-dealkylation sites (N-methyl/N-ethyl adjacent to an activating group) is 1. The number of rotatable bonds is 10. The summed E-state index contributed by atoms with van der Waals surface area (Å²) in [5.74, 6) is -0.186. The Morgan fingerprint density at radius 3 is 2.24 bits per heavy atom. The normalized spacial score (nSPS) is 12.8. The van der Waals surface area contributed by atoms with E-state index < -0.39 is 5.60 Å². The minimum Gasteiger partial charge on any atom is -0.459 e. The van der Waals surface area contributed by atoms with Crippen molar-refractivity contribution in [2.45, 2.75) is 53.1 Å². The van der Waals surface area contributed by atoms with Crippen molar-refractivity contribution in [3.05, 3.63) is 0 Å². The second kappa shape index (κ2) is 9.38. The van der Waals surface area contributed by atoms with E-state index in [-0.39, 0.29) is 18.0 Å². The smallest absolute Gasteiger partial charge is 0.320 e. The lowest BCUT2D eigenvalue weighted by Gasteiger charge is -2.28. The largest absolute Gasteiger partial charge is 0.459 e. The van der Waals surface area contributed by atoms with E-state index in [0.717, 1.165) is 19.4 Å². The molecule has 0 heterocycles. The molecule has 0 aliphatic rings. The maximum absolute atomic E-state index is 11.7. The first-order valence-corrected chi connectivity index (χ1v) is 7.65. The number of ether oxygens (including phenoxy) is 2. The van der Waals surface area contributed by atoms with Gasteiger partial charge in [0, 0.05) is 6.61 Å². The van der Waals surface area contributed by atoms with Crippen LogP contribution in [0.15, 0.2) is 0 Å². The molecule has 0 saturated carbocycles. The van der Waals surface area contributed by atoms with E-state index in [9.17, 15) is 4.79 Å². The average molecular weight is 303 g/mol. The topological polar surface area (TPSA) is 59.0 Å². The fourth-order valence-corrected chi connectivity index (χ4v) is 1.81. The quantitative estimate of drug-likeness (QED) is 0.494. The molecule has 0 aromatic heterocycles. The van der Waals surface area contributed by atoms with Crippen LogP contribution in [-0.4, -0.2) is 61.5 Å². The number of carbonyl (C=O) groups excluding carboxylic acids is 1. The van der Waals surface area contributed by atoms with Gasteiger partial charge in [0.25, 0.3) is 0 Å². The maximum atomic E-state index is 11.7. The molecule has 0 saturated heterocycles. The SMILES string of the molecule is CN(CCC(C)(C)CCOCCO)CC(=O)OC(C)(C)C. The Labute approximate surface area is 129 Å². The van der Waals surface area contributed by atoms with Crippen LogP contribution in [0.25, 0.3) is 0 Å². The van der Waals surface area contributed by atoms with E-state index in [1.54, 1.807) is 0 Å². The van der Waals surface area contributed by atoms with E-state index in [1.807, 2.05) is 32.7 Å². The Balaban J connectivity index is 3.94. The van der Waals surface area contributed by atoms with Crippen molar-refractivity contribution in [1.82, 2.24) is 4.90 Å². The van der Waals surface area contributed by atoms with Crippen molar-refractivity contribution in [3.63, 3.8) is 0 Å². The highest BCUT2D eigenvalue weighted by Gasteiger charge is 2.21. The molecule has 0 rings (SSSR count). The summed E-state index contributed by atoms with van der Waals surface area (Å²) in [6.45, 7) is 12.3. The molecule has 0 fully saturated rings. The second-order valence-corrected chi connectivity index (χ2v) is 7.32. The van der Waals surface area contributed by atoms with Gasteiger partial charge in [-0.2, -0.15) is 0 Å². The summed E-state index contributed by atoms with van der Waals surface area (Å²) >= 11 is 0. The highest BCUT2D eigenvalue weighted by Crippen LogP contribution is 2.25. The van der Waals surface area contributed by atoms with Crippen LogP contribution in [0, 0.1) is 5.41 Å². The lowest BCUT2D eigenvalue weighted by Crippen LogP contribution is -2.34. The van der Waals surface area contributed by atoms with Gasteiger partial charge in [0.05, 0.1) is 19.8 Å². The van der Waals surface area contributed by atoms with Gasteiger partial charge in [-0.05, 0) is 52.6 Å². The summed E-state index contributed by atoms with van der Waals surface area (Å²) in [6, 6.07) is 0. The van der Waals surface area contributed by atoms with Gasteiger partial charge < -0.3 is 14.6 Å². The summed E-state index contributed by atoms with van der Waals surface area (Å²) in [6.07, 6.45) is 1.92. The third kappa shape index (κ3) is 12.8. The molecular weight excluding hydrogens is 270 g/mol. The molecular formula is C16H33NO4. The van der Waals surface area contributed by atoms with E-state index >= 15 is 0 Å². The van der Waals surface area contributed by atoms with Gasteiger partial charge in [-0.15, -0.1) is 0 Å². The molecule has 0 amide bonds. The molecule has 0 aliphatic heterocycles. The number of aliphatic hydroxyl groups is 1. The van der Waals surface area contributed by atoms with Crippen LogP contribution in [0.4, 0.5) is 0 Å². The third-order valence-corrected chi connectivity index (χ3v) is 3.15. The maximum Gasteiger partial charge on any atom is 0.320 e. The van der Waals surface area contributed by atoms with Crippen molar-refractivity contribution in [3.8, 4) is 0 Å². The number of esters is 1. The standard InChI is InChI=1S/C16H33NO4/c1-15(2,3)21-14(19)13-17(6)9-7-16(4,5)8-11-20-12-10-18/h18H,7-13H2,1-6H3. The van der Waals surface area contributed by atoms with Gasteiger partial charge in [-0.25, -0.2) is 0 Å². The minimum atomic E-state index is -0.429. The highest BCUT2D eigenvalue weighted by atomic mass is 16.6. The van der Waals surface area contributed by atoms with Crippen molar-refractivity contribution in [2.75, 3.05) is 40.0 Å². The lowest BCUT2D eigenvalue weighted by molar-refractivity contribution is -0.155. The van der Waals surface area contributed by atoms with Gasteiger partial charge in [-0.3, -0.25) is 9.69 Å². The molecule has 0 aromatic carbocycles. The molecule has 0 radical (unpaired) electrons. The van der Waals surface area contributed by atoms with Crippen LogP contribution in [0.3, 0.4) is 0 Å². The Hall–Kier alpha value is -0.650. The first-order chi connectivity index (χ1) is 9.56. The van der Waals surface area contributed by atoms with E-state index in [2.05, 4.69) is 13.8 Å². The summed E-state index contributed by atoms with van der Waals surface area (Å²) in [5, 5.41) is 8.66. The molecule has 21 heavy (non-hydrogen) atoms. The molecule has 0 aliphatic carbocycles. The Morgan fingerprint density at radius 2 is 1.71 bits per heavy atom. The van der Waals surface area contributed by atoms with Crippen molar-refractivity contribution < 1.29 is 19.4 Å². The van der Waals surface area contributed by atoms with Crippen LogP contribution >= 0.6 is 0 Å². The van der Waals surface area contributed by atoms with Crippen molar-refractivity contribution >= 4 is 5.97 Å². The number of carbonyl (C=O) groups is 1.